The van der Waals surface area contributed by atoms with Gasteiger partial charge in [-0.25, -0.2) is 4.98 Å². The van der Waals surface area contributed by atoms with E-state index in [9.17, 15) is 0 Å². The minimum atomic E-state index is 0.415. The molecule has 0 radical (unpaired) electrons. The molecule has 1 aromatic carbocycles. The normalized spacial score (nSPS) is 10.3. The van der Waals surface area contributed by atoms with E-state index in [-0.39, 0.29) is 0 Å². The first-order valence-corrected chi connectivity index (χ1v) is 6.50. The zero-order chi connectivity index (χ0) is 12.4. The molecule has 3 nitrogen and oxygen atoms in total. The summed E-state index contributed by atoms with van der Waals surface area (Å²) in [5.74, 6) is 1.16. The van der Waals surface area contributed by atoms with Gasteiger partial charge in [0.1, 0.15) is 5.75 Å². The fraction of sp³-hybridized carbons (Fsp3) is 0.0833. The highest BCUT2D eigenvalue weighted by Gasteiger charge is 2.06. The lowest BCUT2D eigenvalue weighted by Gasteiger charge is -2.09. The Bertz CT molecular complexity index is 509. The van der Waals surface area contributed by atoms with Gasteiger partial charge in [0, 0.05) is 15.1 Å². The fourth-order valence-electron chi connectivity index (χ4n) is 1.36. The number of rotatable bonds is 2. The summed E-state index contributed by atoms with van der Waals surface area (Å²) >= 11 is 6.71. The number of ether oxygens (including phenoxy) is 1. The van der Waals surface area contributed by atoms with E-state index in [0.717, 1.165) is 20.3 Å². The van der Waals surface area contributed by atoms with Gasteiger partial charge in [0.25, 0.3) is 0 Å². The quantitative estimate of drug-likeness (QED) is 0.872. The van der Waals surface area contributed by atoms with E-state index in [4.69, 9.17) is 10.5 Å². The number of pyridine rings is 1. The van der Waals surface area contributed by atoms with Crippen molar-refractivity contribution in [1.29, 1.82) is 0 Å². The molecule has 0 amide bonds. The van der Waals surface area contributed by atoms with Crippen molar-refractivity contribution < 1.29 is 4.74 Å². The first-order chi connectivity index (χ1) is 8.06. The molecule has 2 aromatic rings. The number of halogens is 2. The van der Waals surface area contributed by atoms with E-state index in [0.29, 0.717) is 11.6 Å². The van der Waals surface area contributed by atoms with Crippen LogP contribution in [0.1, 0.15) is 5.56 Å². The summed E-state index contributed by atoms with van der Waals surface area (Å²) in [6.07, 6.45) is 1.65. The zero-order valence-electron chi connectivity index (χ0n) is 9.08. The summed E-state index contributed by atoms with van der Waals surface area (Å²) < 4.78 is 7.51. The minimum Gasteiger partial charge on any atom is -0.437 e. The van der Waals surface area contributed by atoms with Gasteiger partial charge in [-0.2, -0.15) is 0 Å². The van der Waals surface area contributed by atoms with Crippen LogP contribution in [0.5, 0.6) is 11.6 Å². The molecule has 0 saturated heterocycles. The first kappa shape index (κ1) is 12.4. The summed E-state index contributed by atoms with van der Waals surface area (Å²) in [5, 5.41) is 0. The van der Waals surface area contributed by atoms with E-state index >= 15 is 0 Å². The van der Waals surface area contributed by atoms with Crippen molar-refractivity contribution in [2.24, 2.45) is 0 Å². The number of nitrogen functional groups attached to an aromatic ring is 1. The lowest BCUT2D eigenvalue weighted by molar-refractivity contribution is 0.462. The van der Waals surface area contributed by atoms with Crippen LogP contribution < -0.4 is 10.5 Å². The average molecular weight is 358 g/mol. The van der Waals surface area contributed by atoms with Crippen molar-refractivity contribution in [1.82, 2.24) is 4.98 Å². The second-order valence-corrected chi connectivity index (χ2v) is 5.39. The number of nitrogens with zero attached hydrogens (tertiary/aromatic N) is 1. The molecule has 0 spiro atoms. The van der Waals surface area contributed by atoms with E-state index < -0.39 is 0 Å². The summed E-state index contributed by atoms with van der Waals surface area (Å²) in [5.41, 5.74) is 7.34. The molecule has 0 fully saturated rings. The monoisotopic (exact) mass is 356 g/mol. The molecule has 0 unspecified atom stereocenters. The number of aromatic nitrogens is 1. The van der Waals surface area contributed by atoms with Crippen LogP contribution in [0.3, 0.4) is 0 Å². The maximum atomic E-state index is 5.82. The van der Waals surface area contributed by atoms with Gasteiger partial charge in [-0.15, -0.1) is 0 Å². The van der Waals surface area contributed by atoms with Crippen molar-refractivity contribution >= 4 is 37.5 Å². The van der Waals surface area contributed by atoms with Gasteiger partial charge in [-0.05, 0) is 52.7 Å². The van der Waals surface area contributed by atoms with Crippen molar-refractivity contribution in [3.63, 3.8) is 0 Å². The molecular formula is C12H10Br2N2O. The van der Waals surface area contributed by atoms with Gasteiger partial charge in [0.2, 0.25) is 5.88 Å². The van der Waals surface area contributed by atoms with E-state index in [2.05, 4.69) is 36.8 Å². The predicted octanol–water partition coefficient (Wildman–Crippen LogP) is 4.29. The van der Waals surface area contributed by atoms with Crippen molar-refractivity contribution in [2.75, 3.05) is 5.73 Å². The standard InChI is InChI=1S/C12H10Br2N2O/c1-7-4-8(13)2-3-11(7)17-12-10(15)5-9(14)6-16-12/h2-6H,15H2,1H3. The number of hydrogen-bond donors (Lipinski definition) is 1. The Hall–Kier alpha value is -1.07. The van der Waals surface area contributed by atoms with Gasteiger partial charge in [-0.1, -0.05) is 15.9 Å². The molecule has 0 aliphatic carbocycles. The number of hydrogen-bond acceptors (Lipinski definition) is 3. The van der Waals surface area contributed by atoms with Crippen LogP contribution in [0.25, 0.3) is 0 Å². The summed E-state index contributed by atoms with van der Waals surface area (Å²) in [7, 11) is 0. The highest BCUT2D eigenvalue weighted by Crippen LogP contribution is 2.30. The van der Waals surface area contributed by atoms with E-state index in [1.807, 2.05) is 25.1 Å². The molecular weight excluding hydrogens is 348 g/mol. The Morgan fingerprint density at radius 3 is 2.59 bits per heavy atom. The Balaban J connectivity index is 2.31. The number of nitrogens with two attached hydrogens (primary N) is 1. The second-order valence-electron chi connectivity index (χ2n) is 3.56. The number of anilines is 1. The van der Waals surface area contributed by atoms with Crippen LogP contribution >= 0.6 is 31.9 Å². The maximum Gasteiger partial charge on any atom is 0.242 e. The Labute approximate surface area is 116 Å². The predicted molar refractivity (Wildman–Crippen MR) is 75.3 cm³/mol. The summed E-state index contributed by atoms with van der Waals surface area (Å²) in [6, 6.07) is 7.53. The fourth-order valence-corrected chi connectivity index (χ4v) is 2.18. The SMILES string of the molecule is Cc1cc(Br)ccc1Oc1ncc(Br)cc1N. The molecule has 0 aliphatic rings. The lowest BCUT2D eigenvalue weighted by Crippen LogP contribution is -1.96. The Kier molecular flexibility index (Phi) is 3.69. The van der Waals surface area contributed by atoms with Crippen molar-refractivity contribution in [3.05, 3.63) is 45.0 Å². The van der Waals surface area contributed by atoms with E-state index in [1.54, 1.807) is 12.3 Å². The topological polar surface area (TPSA) is 48.1 Å². The molecule has 17 heavy (non-hydrogen) atoms. The second kappa shape index (κ2) is 5.06. The Morgan fingerprint density at radius 2 is 1.94 bits per heavy atom. The summed E-state index contributed by atoms with van der Waals surface area (Å²) in [6.45, 7) is 1.97. The third-order valence-electron chi connectivity index (χ3n) is 2.19. The highest BCUT2D eigenvalue weighted by atomic mass is 79.9. The first-order valence-electron chi connectivity index (χ1n) is 4.91. The summed E-state index contributed by atoms with van der Waals surface area (Å²) in [4.78, 5) is 4.13. The minimum absolute atomic E-state index is 0.415. The molecule has 0 saturated carbocycles. The van der Waals surface area contributed by atoms with Crippen molar-refractivity contribution in [2.45, 2.75) is 6.92 Å². The molecule has 0 atom stereocenters. The third kappa shape index (κ3) is 2.98. The number of aryl methyl sites for hydroxylation is 1. The lowest BCUT2D eigenvalue weighted by atomic mass is 10.2. The van der Waals surface area contributed by atoms with Crippen LogP contribution in [-0.2, 0) is 0 Å². The van der Waals surface area contributed by atoms with Gasteiger partial charge >= 0.3 is 0 Å². The van der Waals surface area contributed by atoms with Gasteiger partial charge in [-0.3, -0.25) is 0 Å². The van der Waals surface area contributed by atoms with Crippen molar-refractivity contribution in [3.8, 4) is 11.6 Å². The van der Waals surface area contributed by atoms with Crippen LogP contribution in [0, 0.1) is 6.92 Å². The molecule has 5 heteroatoms. The van der Waals surface area contributed by atoms with Gasteiger partial charge in [0.05, 0.1) is 5.69 Å². The maximum absolute atomic E-state index is 5.82. The van der Waals surface area contributed by atoms with Crippen LogP contribution in [-0.4, -0.2) is 4.98 Å². The molecule has 1 heterocycles. The van der Waals surface area contributed by atoms with Gasteiger partial charge < -0.3 is 10.5 Å². The molecule has 2 rings (SSSR count). The van der Waals surface area contributed by atoms with Crippen LogP contribution in [0.4, 0.5) is 5.69 Å². The van der Waals surface area contributed by atoms with Crippen LogP contribution in [0.2, 0.25) is 0 Å². The smallest absolute Gasteiger partial charge is 0.242 e. The van der Waals surface area contributed by atoms with Crippen LogP contribution in [0.15, 0.2) is 39.4 Å². The Morgan fingerprint density at radius 1 is 1.18 bits per heavy atom. The molecule has 0 aliphatic heterocycles. The largest absolute Gasteiger partial charge is 0.437 e. The third-order valence-corrected chi connectivity index (χ3v) is 3.12. The van der Waals surface area contributed by atoms with Gasteiger partial charge in [0.15, 0.2) is 0 Å². The van der Waals surface area contributed by atoms with E-state index in [1.165, 1.54) is 0 Å². The average Bonchev–Trinajstić information content (AvgIpc) is 2.25. The highest BCUT2D eigenvalue weighted by molar-refractivity contribution is 9.10. The number of benzene rings is 1. The molecule has 2 N–H and O–H groups in total. The zero-order valence-corrected chi connectivity index (χ0v) is 12.2. The molecule has 88 valence electrons. The molecule has 1 aromatic heterocycles. The molecule has 0 bridgehead atoms.